The minimum absolute atomic E-state index is 0.0151. The van der Waals surface area contributed by atoms with Crippen LogP contribution in [0.5, 0.6) is 0 Å². The van der Waals surface area contributed by atoms with E-state index in [1.165, 1.54) is 0 Å². The van der Waals surface area contributed by atoms with Crippen molar-refractivity contribution in [2.75, 3.05) is 6.61 Å². The Kier molecular flexibility index (Phi) is 2.06. The third-order valence-electron chi connectivity index (χ3n) is 4.06. The summed E-state index contributed by atoms with van der Waals surface area (Å²) in [5.41, 5.74) is -0.132. The molecule has 3 atom stereocenters. The third-order valence-corrected chi connectivity index (χ3v) is 4.06. The molecule has 84 valence electrons. The van der Waals surface area contributed by atoms with Crippen molar-refractivity contribution in [2.45, 2.75) is 51.2 Å². The minimum Gasteiger partial charge on any atom is -0.465 e. The molecule has 3 nitrogen and oxygen atoms in total. The summed E-state index contributed by atoms with van der Waals surface area (Å²) in [7, 11) is 0. The van der Waals surface area contributed by atoms with Crippen LogP contribution in [0.3, 0.4) is 0 Å². The maximum absolute atomic E-state index is 11.6. The molecule has 0 bridgehead atoms. The number of hydrogen-bond donors (Lipinski definition) is 0. The molecule has 0 radical (unpaired) electrons. The highest BCUT2D eigenvalue weighted by molar-refractivity contribution is 5.79. The Balaban J connectivity index is 1.43. The summed E-state index contributed by atoms with van der Waals surface area (Å²) < 4.78 is 10.8. The van der Waals surface area contributed by atoms with Crippen LogP contribution < -0.4 is 0 Å². The lowest BCUT2D eigenvalue weighted by atomic mass is 9.90. The van der Waals surface area contributed by atoms with Gasteiger partial charge in [0.15, 0.2) is 0 Å². The van der Waals surface area contributed by atoms with Crippen LogP contribution in [0.2, 0.25) is 0 Å². The number of hydrogen-bond acceptors (Lipinski definition) is 3. The third kappa shape index (κ3) is 1.89. The minimum atomic E-state index is -0.132. The highest BCUT2D eigenvalue weighted by atomic mass is 16.6. The molecule has 3 fully saturated rings. The van der Waals surface area contributed by atoms with Gasteiger partial charge in [-0.15, -0.1) is 0 Å². The molecule has 3 heteroatoms. The topological polar surface area (TPSA) is 38.8 Å². The van der Waals surface area contributed by atoms with Crippen molar-refractivity contribution in [3.63, 3.8) is 0 Å². The van der Waals surface area contributed by atoms with E-state index in [9.17, 15) is 4.79 Å². The number of rotatable bonds is 3. The van der Waals surface area contributed by atoms with E-state index in [2.05, 4.69) is 0 Å². The lowest BCUT2D eigenvalue weighted by Crippen LogP contribution is -2.23. The molecule has 2 aliphatic carbocycles. The van der Waals surface area contributed by atoms with Crippen molar-refractivity contribution >= 4 is 5.97 Å². The number of carbonyl (C=O) groups is 1. The smallest absolute Gasteiger partial charge is 0.311 e. The largest absolute Gasteiger partial charge is 0.465 e. The van der Waals surface area contributed by atoms with Gasteiger partial charge in [-0.3, -0.25) is 4.79 Å². The van der Waals surface area contributed by atoms with Crippen molar-refractivity contribution in [3.8, 4) is 0 Å². The van der Waals surface area contributed by atoms with Crippen molar-refractivity contribution in [2.24, 2.45) is 11.3 Å². The van der Waals surface area contributed by atoms with Gasteiger partial charge in [0.05, 0.1) is 24.2 Å². The maximum Gasteiger partial charge on any atom is 0.311 e. The van der Waals surface area contributed by atoms with Crippen LogP contribution in [-0.4, -0.2) is 24.8 Å². The fourth-order valence-electron chi connectivity index (χ4n) is 2.40. The average Bonchev–Trinajstić information content (AvgIpc) is 3.10. The van der Waals surface area contributed by atoms with Crippen molar-refractivity contribution < 1.29 is 14.3 Å². The predicted molar refractivity (Wildman–Crippen MR) is 54.3 cm³/mol. The van der Waals surface area contributed by atoms with E-state index in [0.29, 0.717) is 24.7 Å². The summed E-state index contributed by atoms with van der Waals surface area (Å²) in [6, 6.07) is 0. The lowest BCUT2D eigenvalue weighted by molar-refractivity contribution is -0.151. The fraction of sp³-hybridized carbons (Fsp3) is 0.917. The standard InChI is InChI=1S/C12H18O3/c1-12(4-5-12)11(13)14-7-8-2-3-9-10(6-8)15-9/h8-10H,2-7H2,1H3. The lowest BCUT2D eigenvalue weighted by Gasteiger charge is -2.19. The van der Waals surface area contributed by atoms with Crippen molar-refractivity contribution in [3.05, 3.63) is 0 Å². The van der Waals surface area contributed by atoms with Crippen LogP contribution >= 0.6 is 0 Å². The van der Waals surface area contributed by atoms with E-state index in [4.69, 9.17) is 9.47 Å². The van der Waals surface area contributed by atoms with Crippen molar-refractivity contribution in [1.29, 1.82) is 0 Å². The van der Waals surface area contributed by atoms with Crippen molar-refractivity contribution in [1.82, 2.24) is 0 Å². The van der Waals surface area contributed by atoms with Gasteiger partial charge in [-0.05, 0) is 44.9 Å². The van der Waals surface area contributed by atoms with Crippen LogP contribution in [0.15, 0.2) is 0 Å². The SMILES string of the molecule is CC1(C(=O)OCC2CCC3OC3C2)CC1. The van der Waals surface area contributed by atoms with E-state index in [-0.39, 0.29) is 11.4 Å². The predicted octanol–water partition coefficient (Wildman–Crippen LogP) is 1.90. The zero-order valence-corrected chi connectivity index (χ0v) is 9.20. The molecule has 2 saturated carbocycles. The normalized spacial score (nSPS) is 40.5. The molecule has 0 aromatic rings. The highest BCUT2D eigenvalue weighted by Crippen LogP contribution is 2.46. The van der Waals surface area contributed by atoms with Gasteiger partial charge in [0.2, 0.25) is 0 Å². The van der Waals surface area contributed by atoms with Gasteiger partial charge in [0.1, 0.15) is 0 Å². The average molecular weight is 210 g/mol. The molecule has 0 spiro atoms. The van der Waals surface area contributed by atoms with Gasteiger partial charge in [0, 0.05) is 0 Å². The van der Waals surface area contributed by atoms with Gasteiger partial charge in [0.25, 0.3) is 0 Å². The summed E-state index contributed by atoms with van der Waals surface area (Å²) in [6.07, 6.45) is 6.44. The Morgan fingerprint density at radius 3 is 2.87 bits per heavy atom. The summed E-state index contributed by atoms with van der Waals surface area (Å²) >= 11 is 0. The zero-order valence-electron chi connectivity index (χ0n) is 9.20. The molecule has 0 aromatic heterocycles. The molecule has 1 saturated heterocycles. The number of ether oxygens (including phenoxy) is 2. The highest BCUT2D eigenvalue weighted by Gasteiger charge is 2.47. The molecular formula is C12H18O3. The van der Waals surface area contributed by atoms with Crippen LogP contribution in [0.25, 0.3) is 0 Å². The summed E-state index contributed by atoms with van der Waals surface area (Å²) in [5, 5.41) is 0. The van der Waals surface area contributed by atoms with Crippen LogP contribution in [-0.2, 0) is 14.3 Å². The second-order valence-corrected chi connectivity index (χ2v) is 5.55. The first-order valence-corrected chi connectivity index (χ1v) is 6.00. The Hall–Kier alpha value is -0.570. The first-order chi connectivity index (χ1) is 7.17. The Bertz CT molecular complexity index is 283. The number of epoxide rings is 1. The van der Waals surface area contributed by atoms with Crippen LogP contribution in [0, 0.1) is 11.3 Å². The zero-order chi connectivity index (χ0) is 10.5. The Morgan fingerprint density at radius 2 is 2.20 bits per heavy atom. The summed E-state index contributed by atoms with van der Waals surface area (Å²) in [6.45, 7) is 2.61. The Morgan fingerprint density at radius 1 is 1.40 bits per heavy atom. The maximum atomic E-state index is 11.6. The van der Waals surface area contributed by atoms with E-state index < -0.39 is 0 Å². The van der Waals surface area contributed by atoms with E-state index in [1.54, 1.807) is 0 Å². The Labute approximate surface area is 90.1 Å². The monoisotopic (exact) mass is 210 g/mol. The van der Waals surface area contributed by atoms with Gasteiger partial charge >= 0.3 is 5.97 Å². The van der Waals surface area contributed by atoms with Crippen LogP contribution in [0.4, 0.5) is 0 Å². The fourth-order valence-corrected chi connectivity index (χ4v) is 2.40. The quantitative estimate of drug-likeness (QED) is 0.527. The van der Waals surface area contributed by atoms with E-state index >= 15 is 0 Å². The van der Waals surface area contributed by atoms with Gasteiger partial charge in [-0.2, -0.15) is 0 Å². The molecule has 3 rings (SSSR count). The molecule has 0 amide bonds. The first kappa shape index (κ1) is 9.64. The molecule has 1 aliphatic heterocycles. The number of fused-ring (bicyclic) bond motifs is 1. The number of esters is 1. The summed E-state index contributed by atoms with van der Waals surface area (Å²) in [5.74, 6) is 0.557. The molecule has 1 heterocycles. The second kappa shape index (κ2) is 3.21. The van der Waals surface area contributed by atoms with Crippen LogP contribution in [0.1, 0.15) is 39.0 Å². The molecule has 0 N–H and O–H groups in total. The van der Waals surface area contributed by atoms with Gasteiger partial charge in [-0.1, -0.05) is 0 Å². The molecule has 3 aliphatic rings. The number of carbonyl (C=O) groups excluding carboxylic acids is 1. The molecule has 3 unspecified atom stereocenters. The van der Waals surface area contributed by atoms with E-state index in [0.717, 1.165) is 32.1 Å². The molecule has 15 heavy (non-hydrogen) atoms. The summed E-state index contributed by atoms with van der Waals surface area (Å²) in [4.78, 5) is 11.6. The van der Waals surface area contributed by atoms with E-state index in [1.807, 2.05) is 6.92 Å². The van der Waals surface area contributed by atoms with Gasteiger partial charge < -0.3 is 9.47 Å². The van der Waals surface area contributed by atoms with Gasteiger partial charge in [-0.25, -0.2) is 0 Å². The molecular weight excluding hydrogens is 192 g/mol. The second-order valence-electron chi connectivity index (χ2n) is 5.55. The molecule has 0 aromatic carbocycles. The first-order valence-electron chi connectivity index (χ1n) is 6.00.